The van der Waals surface area contributed by atoms with Gasteiger partial charge >= 0.3 is 0 Å². The summed E-state index contributed by atoms with van der Waals surface area (Å²) in [5.41, 5.74) is 13.5. The van der Waals surface area contributed by atoms with Crippen LogP contribution in [0.3, 0.4) is 0 Å². The average Bonchev–Trinajstić information content (AvgIpc) is 3.74. The third kappa shape index (κ3) is 6.34. The summed E-state index contributed by atoms with van der Waals surface area (Å²) < 4.78 is 6.65. The van der Waals surface area contributed by atoms with Crippen molar-refractivity contribution >= 4 is 71.2 Å². The minimum absolute atomic E-state index is 0.406. The first-order chi connectivity index (χ1) is 31.1. The second-order valence-corrected chi connectivity index (χ2v) is 17.1. The standard InChI is InChI=1S/C61H43NO/c1-61(39-11-16-48(40-61)53-20-10-22-58-59(53)57-38-32-46-15-6-8-18-54(46)60(57)63-58)62(49-33-27-44(28-34-49)43-25-23-42(24-26-43)41-12-3-2-4-13-41)50-35-29-47(30-36-50)52-19-9-21-55-51-17-7-5-14-45(51)31-37-56(52)55/h2-39H,40H2,1H3. The smallest absolute Gasteiger partial charge is 0.143 e. The van der Waals surface area contributed by atoms with Crippen LogP contribution in [-0.2, 0) is 0 Å². The molecule has 0 saturated heterocycles. The maximum Gasteiger partial charge on any atom is 0.143 e. The molecule has 0 aliphatic heterocycles. The van der Waals surface area contributed by atoms with E-state index in [-0.39, 0.29) is 0 Å². The van der Waals surface area contributed by atoms with Crippen molar-refractivity contribution in [1.82, 2.24) is 0 Å². The van der Waals surface area contributed by atoms with Gasteiger partial charge in [0.15, 0.2) is 0 Å². The Morgan fingerprint density at radius 2 is 0.952 bits per heavy atom. The Labute approximate surface area is 367 Å². The third-order valence-corrected chi connectivity index (χ3v) is 13.2. The molecule has 0 amide bonds. The molecule has 0 radical (unpaired) electrons. The molecular weight excluding hydrogens is 763 g/mol. The highest BCUT2D eigenvalue weighted by atomic mass is 16.3. The van der Waals surface area contributed by atoms with E-state index in [1.165, 1.54) is 76.8 Å². The quantitative estimate of drug-likeness (QED) is 0.149. The highest BCUT2D eigenvalue weighted by molar-refractivity contribution is 6.18. The van der Waals surface area contributed by atoms with Crippen molar-refractivity contribution in [1.29, 1.82) is 0 Å². The normalized spacial score (nSPS) is 15.1. The molecule has 2 heteroatoms. The van der Waals surface area contributed by atoms with Gasteiger partial charge in [0.2, 0.25) is 0 Å². The molecular formula is C61H43NO. The van der Waals surface area contributed by atoms with Crippen LogP contribution in [0.2, 0.25) is 0 Å². The first-order valence-corrected chi connectivity index (χ1v) is 21.9. The maximum atomic E-state index is 6.65. The van der Waals surface area contributed by atoms with Crippen molar-refractivity contribution in [3.63, 3.8) is 0 Å². The molecule has 11 aromatic rings. The number of anilines is 2. The minimum atomic E-state index is -0.406. The van der Waals surface area contributed by atoms with Crippen LogP contribution in [0.25, 0.3) is 93.2 Å². The Bertz CT molecular complexity index is 3580. The largest absolute Gasteiger partial charge is 0.455 e. The lowest BCUT2D eigenvalue weighted by atomic mass is 9.82. The SMILES string of the molecule is CC1(N(c2ccc(-c3ccc(-c4ccccc4)cc3)cc2)c2ccc(-c3cccc4c3ccc3ccccc34)cc2)C=CC=C(c2cccc3oc4c5ccccc5ccc4c23)C1. The maximum absolute atomic E-state index is 6.65. The summed E-state index contributed by atoms with van der Waals surface area (Å²) in [6.45, 7) is 2.37. The van der Waals surface area contributed by atoms with E-state index < -0.39 is 5.54 Å². The van der Waals surface area contributed by atoms with Gasteiger partial charge in [0, 0.05) is 27.5 Å². The summed E-state index contributed by atoms with van der Waals surface area (Å²) in [5.74, 6) is 0. The molecule has 0 spiro atoms. The van der Waals surface area contributed by atoms with Crippen molar-refractivity contribution in [3.8, 4) is 33.4 Å². The van der Waals surface area contributed by atoms with E-state index >= 15 is 0 Å². The zero-order chi connectivity index (χ0) is 41.9. The van der Waals surface area contributed by atoms with E-state index in [2.05, 4.69) is 242 Å². The van der Waals surface area contributed by atoms with Gasteiger partial charge in [-0.2, -0.15) is 0 Å². The fourth-order valence-corrected chi connectivity index (χ4v) is 10.1. The second-order valence-electron chi connectivity index (χ2n) is 17.1. The van der Waals surface area contributed by atoms with Gasteiger partial charge in [0.05, 0.1) is 5.54 Å². The Morgan fingerprint density at radius 1 is 0.413 bits per heavy atom. The lowest BCUT2D eigenvalue weighted by Crippen LogP contribution is -2.42. The van der Waals surface area contributed by atoms with Gasteiger partial charge in [0.25, 0.3) is 0 Å². The van der Waals surface area contributed by atoms with Crippen molar-refractivity contribution in [2.75, 3.05) is 4.90 Å². The number of furan rings is 1. The van der Waals surface area contributed by atoms with Crippen LogP contribution in [0.1, 0.15) is 18.9 Å². The van der Waals surface area contributed by atoms with Crippen molar-refractivity contribution in [2.45, 2.75) is 18.9 Å². The molecule has 0 bridgehead atoms. The fraction of sp³-hybridized carbons (Fsp3) is 0.0492. The van der Waals surface area contributed by atoms with E-state index in [1.807, 2.05) is 0 Å². The number of allylic oxidation sites excluding steroid dienone is 2. The van der Waals surface area contributed by atoms with Crippen LogP contribution in [0.5, 0.6) is 0 Å². The fourth-order valence-electron chi connectivity index (χ4n) is 10.1. The topological polar surface area (TPSA) is 16.4 Å². The first-order valence-electron chi connectivity index (χ1n) is 21.9. The molecule has 1 unspecified atom stereocenters. The molecule has 12 rings (SSSR count). The van der Waals surface area contributed by atoms with Crippen molar-refractivity contribution in [3.05, 3.63) is 236 Å². The van der Waals surface area contributed by atoms with E-state index in [9.17, 15) is 0 Å². The Balaban J connectivity index is 0.943. The van der Waals surface area contributed by atoms with Crippen LogP contribution in [0, 0.1) is 0 Å². The predicted molar refractivity (Wildman–Crippen MR) is 268 cm³/mol. The van der Waals surface area contributed by atoms with Crippen molar-refractivity contribution < 1.29 is 4.42 Å². The van der Waals surface area contributed by atoms with E-state index in [0.717, 1.165) is 39.7 Å². The van der Waals surface area contributed by atoms with E-state index in [0.29, 0.717) is 0 Å². The highest BCUT2D eigenvalue weighted by Crippen LogP contribution is 2.46. The number of rotatable bonds is 7. The molecule has 10 aromatic carbocycles. The van der Waals surface area contributed by atoms with E-state index in [4.69, 9.17) is 4.42 Å². The monoisotopic (exact) mass is 805 g/mol. The molecule has 0 saturated carbocycles. The molecule has 1 atom stereocenters. The highest BCUT2D eigenvalue weighted by Gasteiger charge is 2.34. The number of benzene rings is 10. The van der Waals surface area contributed by atoms with Gasteiger partial charge in [0.1, 0.15) is 11.2 Å². The lowest BCUT2D eigenvalue weighted by Gasteiger charge is -2.43. The lowest BCUT2D eigenvalue weighted by molar-refractivity contribution is 0.578. The summed E-state index contributed by atoms with van der Waals surface area (Å²) >= 11 is 0. The van der Waals surface area contributed by atoms with Gasteiger partial charge in [-0.15, -0.1) is 0 Å². The van der Waals surface area contributed by atoms with Gasteiger partial charge in [-0.05, 0) is 121 Å². The summed E-state index contributed by atoms with van der Waals surface area (Å²) in [5, 5.41) is 9.73. The second kappa shape index (κ2) is 14.9. The van der Waals surface area contributed by atoms with Crippen LogP contribution >= 0.6 is 0 Å². The summed E-state index contributed by atoms with van der Waals surface area (Å²) in [4.78, 5) is 2.53. The number of fused-ring (bicyclic) bond motifs is 8. The molecule has 298 valence electrons. The molecule has 2 nitrogen and oxygen atoms in total. The van der Waals surface area contributed by atoms with E-state index in [1.54, 1.807) is 0 Å². The average molecular weight is 806 g/mol. The molecule has 63 heavy (non-hydrogen) atoms. The van der Waals surface area contributed by atoms with Crippen LogP contribution < -0.4 is 4.90 Å². The van der Waals surface area contributed by atoms with Crippen LogP contribution in [-0.4, -0.2) is 5.54 Å². The minimum Gasteiger partial charge on any atom is -0.455 e. The van der Waals surface area contributed by atoms with Crippen molar-refractivity contribution in [2.24, 2.45) is 0 Å². The molecule has 0 fully saturated rings. The molecule has 1 heterocycles. The zero-order valence-electron chi connectivity index (χ0n) is 35.0. The van der Waals surface area contributed by atoms with Crippen LogP contribution in [0.4, 0.5) is 11.4 Å². The summed E-state index contributed by atoms with van der Waals surface area (Å²) in [6, 6.07) is 77.1. The molecule has 0 N–H and O–H groups in total. The number of hydrogen-bond donors (Lipinski definition) is 0. The summed E-state index contributed by atoms with van der Waals surface area (Å²) in [7, 11) is 0. The Kier molecular flexibility index (Phi) is 8.72. The van der Waals surface area contributed by atoms with Gasteiger partial charge < -0.3 is 9.32 Å². The first kappa shape index (κ1) is 36.9. The number of nitrogens with zero attached hydrogens (tertiary/aromatic N) is 1. The molecule has 1 aliphatic carbocycles. The van der Waals surface area contributed by atoms with Crippen LogP contribution in [0.15, 0.2) is 235 Å². The van der Waals surface area contributed by atoms with Gasteiger partial charge in [-0.3, -0.25) is 0 Å². The molecule has 1 aliphatic rings. The Morgan fingerprint density at radius 3 is 1.67 bits per heavy atom. The summed E-state index contributed by atoms with van der Waals surface area (Å²) in [6.07, 6.45) is 7.71. The predicted octanol–water partition coefficient (Wildman–Crippen LogP) is 17.0. The zero-order valence-corrected chi connectivity index (χ0v) is 35.0. The van der Waals surface area contributed by atoms with Gasteiger partial charge in [-0.25, -0.2) is 0 Å². The Hall–Kier alpha value is -7.94. The number of hydrogen-bond acceptors (Lipinski definition) is 2. The van der Waals surface area contributed by atoms with Gasteiger partial charge in [-0.1, -0.05) is 194 Å². The third-order valence-electron chi connectivity index (χ3n) is 13.2. The molecule has 1 aromatic heterocycles.